The van der Waals surface area contributed by atoms with Crippen molar-refractivity contribution in [2.45, 2.75) is 13.0 Å². The number of ether oxygens (including phenoxy) is 4. The first kappa shape index (κ1) is 30.4. The molecular formula is C33H32ClFN4O6. The monoisotopic (exact) mass is 634 g/mol. The van der Waals surface area contributed by atoms with Crippen molar-refractivity contribution in [3.63, 3.8) is 0 Å². The molecule has 6 rings (SSSR count). The van der Waals surface area contributed by atoms with E-state index in [-0.39, 0.29) is 23.9 Å². The number of rotatable bonds is 11. The summed E-state index contributed by atoms with van der Waals surface area (Å²) in [6, 6.07) is 16.3. The largest absolute Gasteiger partial charge is 0.493 e. The molecule has 5 aromatic rings. The first-order valence-electron chi connectivity index (χ1n) is 14.5. The summed E-state index contributed by atoms with van der Waals surface area (Å²) in [5, 5.41) is 11.6. The lowest BCUT2D eigenvalue weighted by Gasteiger charge is -2.26. The second kappa shape index (κ2) is 13.6. The molecule has 0 spiro atoms. The van der Waals surface area contributed by atoms with Crippen LogP contribution in [0.1, 0.15) is 12.0 Å². The number of imidazole rings is 1. The number of benzene rings is 3. The van der Waals surface area contributed by atoms with Crippen LogP contribution in [0.5, 0.6) is 28.9 Å². The molecule has 1 aliphatic rings. The standard InChI is InChI=1S/C33H32ClFN4O6/c1-42-30-18-24-27(19-31(30)44-14-4-11-37-12-15-43-16-13-37)36-10-9-28(24)45-29-8-7-23(17-26(29)35)39-32(40)21-38(33(39)41)20-22-5-2-3-6-25(22)34/h2-3,5-10,17-19,21,40H,4,11-16,20H2,1H3. The SMILES string of the molecule is COc1cc2c(Oc3ccc(-n4c(O)cn(Cc5ccccc5Cl)c4=O)cc3F)ccnc2cc1OCCCN1CCOCC1. The summed E-state index contributed by atoms with van der Waals surface area (Å²) in [4.78, 5) is 19.9. The first-order chi connectivity index (χ1) is 21.9. The number of morpholine rings is 1. The van der Waals surface area contributed by atoms with Gasteiger partial charge in [0, 0.05) is 48.4 Å². The van der Waals surface area contributed by atoms with E-state index >= 15 is 4.39 Å². The van der Waals surface area contributed by atoms with Crippen LogP contribution < -0.4 is 19.9 Å². The highest BCUT2D eigenvalue weighted by Crippen LogP contribution is 2.38. The number of hydrogen-bond donors (Lipinski definition) is 1. The Morgan fingerprint density at radius 1 is 1.02 bits per heavy atom. The van der Waals surface area contributed by atoms with Crippen molar-refractivity contribution in [3.05, 3.63) is 99.9 Å². The molecule has 3 heterocycles. The van der Waals surface area contributed by atoms with Crippen LogP contribution in [0, 0.1) is 5.82 Å². The third-order valence-corrected chi connectivity index (χ3v) is 7.97. The van der Waals surface area contributed by atoms with E-state index in [0.717, 1.165) is 49.9 Å². The Labute approximate surface area is 263 Å². The van der Waals surface area contributed by atoms with Crippen molar-refractivity contribution in [3.8, 4) is 34.6 Å². The van der Waals surface area contributed by atoms with E-state index in [2.05, 4.69) is 9.88 Å². The van der Waals surface area contributed by atoms with E-state index < -0.39 is 11.5 Å². The molecule has 2 aromatic heterocycles. The normalized spacial score (nSPS) is 13.7. The smallest absolute Gasteiger partial charge is 0.336 e. The molecule has 0 saturated carbocycles. The predicted molar refractivity (Wildman–Crippen MR) is 168 cm³/mol. The highest BCUT2D eigenvalue weighted by molar-refractivity contribution is 6.31. The Morgan fingerprint density at radius 2 is 1.84 bits per heavy atom. The molecular weight excluding hydrogens is 603 g/mol. The highest BCUT2D eigenvalue weighted by atomic mass is 35.5. The lowest BCUT2D eigenvalue weighted by molar-refractivity contribution is 0.0357. The molecule has 0 atom stereocenters. The van der Waals surface area contributed by atoms with Gasteiger partial charge in [-0.2, -0.15) is 0 Å². The van der Waals surface area contributed by atoms with Gasteiger partial charge in [-0.15, -0.1) is 0 Å². The summed E-state index contributed by atoms with van der Waals surface area (Å²) >= 11 is 6.24. The van der Waals surface area contributed by atoms with Crippen LogP contribution >= 0.6 is 11.6 Å². The molecule has 1 N–H and O–H groups in total. The van der Waals surface area contributed by atoms with Crippen LogP contribution in [0.4, 0.5) is 4.39 Å². The third kappa shape index (κ3) is 6.75. The number of hydrogen-bond acceptors (Lipinski definition) is 8. The van der Waals surface area contributed by atoms with Gasteiger partial charge in [-0.05, 0) is 42.3 Å². The fourth-order valence-electron chi connectivity index (χ4n) is 5.26. The number of methoxy groups -OCH3 is 1. The zero-order valence-corrected chi connectivity index (χ0v) is 25.4. The zero-order chi connectivity index (χ0) is 31.3. The molecule has 1 fully saturated rings. The van der Waals surface area contributed by atoms with Crippen molar-refractivity contribution in [1.29, 1.82) is 0 Å². The summed E-state index contributed by atoms with van der Waals surface area (Å²) in [6.07, 6.45) is 3.70. The second-order valence-corrected chi connectivity index (χ2v) is 10.9. The summed E-state index contributed by atoms with van der Waals surface area (Å²) in [6.45, 7) is 4.93. The van der Waals surface area contributed by atoms with E-state index in [9.17, 15) is 9.90 Å². The van der Waals surface area contributed by atoms with Crippen LogP contribution in [0.25, 0.3) is 16.6 Å². The van der Waals surface area contributed by atoms with Crippen molar-refractivity contribution in [1.82, 2.24) is 19.0 Å². The second-order valence-electron chi connectivity index (χ2n) is 10.5. The summed E-state index contributed by atoms with van der Waals surface area (Å²) in [5.74, 6) is 0.269. The van der Waals surface area contributed by atoms with Gasteiger partial charge in [0.2, 0.25) is 5.88 Å². The number of aromatic hydroxyl groups is 1. The molecule has 45 heavy (non-hydrogen) atoms. The number of halogens is 2. The first-order valence-corrected chi connectivity index (χ1v) is 14.9. The van der Waals surface area contributed by atoms with Crippen LogP contribution in [-0.2, 0) is 11.3 Å². The van der Waals surface area contributed by atoms with E-state index in [1.54, 1.807) is 55.8 Å². The van der Waals surface area contributed by atoms with Gasteiger partial charge in [-0.3, -0.25) is 14.5 Å². The Balaban J connectivity index is 1.19. The number of pyridine rings is 1. The minimum absolute atomic E-state index is 0.0725. The van der Waals surface area contributed by atoms with E-state index in [1.165, 1.54) is 22.9 Å². The van der Waals surface area contributed by atoms with E-state index in [0.29, 0.717) is 45.3 Å². The van der Waals surface area contributed by atoms with Crippen molar-refractivity contribution >= 4 is 22.5 Å². The molecule has 12 heteroatoms. The molecule has 10 nitrogen and oxygen atoms in total. The fraction of sp³-hybridized carbons (Fsp3) is 0.273. The lowest BCUT2D eigenvalue weighted by Crippen LogP contribution is -2.37. The molecule has 0 amide bonds. The topological polar surface area (TPSA) is 100 Å². The van der Waals surface area contributed by atoms with Gasteiger partial charge in [0.05, 0.1) is 50.9 Å². The minimum atomic E-state index is -0.727. The molecule has 0 bridgehead atoms. The van der Waals surface area contributed by atoms with Gasteiger partial charge in [0.15, 0.2) is 23.1 Å². The number of fused-ring (bicyclic) bond motifs is 1. The Morgan fingerprint density at radius 3 is 2.62 bits per heavy atom. The average Bonchev–Trinajstić information content (AvgIpc) is 3.33. The summed E-state index contributed by atoms with van der Waals surface area (Å²) < 4.78 is 40.7. The zero-order valence-electron chi connectivity index (χ0n) is 24.6. The highest BCUT2D eigenvalue weighted by Gasteiger charge is 2.18. The Bertz CT molecular complexity index is 1870. The fourth-order valence-corrected chi connectivity index (χ4v) is 5.46. The minimum Gasteiger partial charge on any atom is -0.493 e. The molecule has 1 aliphatic heterocycles. The van der Waals surface area contributed by atoms with Crippen molar-refractivity contribution in [2.75, 3.05) is 46.6 Å². The van der Waals surface area contributed by atoms with Crippen LogP contribution in [0.15, 0.2) is 77.9 Å². The third-order valence-electron chi connectivity index (χ3n) is 7.60. The van der Waals surface area contributed by atoms with Gasteiger partial charge >= 0.3 is 5.69 Å². The Kier molecular flexibility index (Phi) is 9.20. The molecule has 0 aliphatic carbocycles. The van der Waals surface area contributed by atoms with Gasteiger partial charge in [0.25, 0.3) is 0 Å². The predicted octanol–water partition coefficient (Wildman–Crippen LogP) is 5.64. The number of aromatic nitrogens is 3. The molecule has 0 unspecified atom stereocenters. The van der Waals surface area contributed by atoms with E-state index in [4.69, 9.17) is 30.5 Å². The van der Waals surface area contributed by atoms with Gasteiger partial charge in [-0.1, -0.05) is 29.8 Å². The van der Waals surface area contributed by atoms with Gasteiger partial charge in [-0.25, -0.2) is 13.8 Å². The molecule has 234 valence electrons. The van der Waals surface area contributed by atoms with E-state index in [1.807, 2.05) is 0 Å². The maximum atomic E-state index is 15.4. The van der Waals surface area contributed by atoms with Crippen LogP contribution in [0.2, 0.25) is 5.02 Å². The average molecular weight is 635 g/mol. The summed E-state index contributed by atoms with van der Waals surface area (Å²) in [5.41, 5.74) is 0.880. The van der Waals surface area contributed by atoms with Crippen LogP contribution in [-0.4, -0.2) is 70.7 Å². The quantitative estimate of drug-likeness (QED) is 0.187. The van der Waals surface area contributed by atoms with Crippen molar-refractivity contribution < 1.29 is 28.4 Å². The maximum Gasteiger partial charge on any atom is 0.336 e. The van der Waals surface area contributed by atoms with Gasteiger partial charge < -0.3 is 24.1 Å². The lowest BCUT2D eigenvalue weighted by atomic mass is 10.1. The molecule has 3 aromatic carbocycles. The van der Waals surface area contributed by atoms with Gasteiger partial charge in [0.1, 0.15) is 5.75 Å². The molecule has 1 saturated heterocycles. The number of nitrogens with zero attached hydrogens (tertiary/aromatic N) is 4. The van der Waals surface area contributed by atoms with Crippen molar-refractivity contribution in [2.24, 2.45) is 0 Å². The maximum absolute atomic E-state index is 15.4. The Hall–Kier alpha value is -4.58. The molecule has 0 radical (unpaired) electrons. The summed E-state index contributed by atoms with van der Waals surface area (Å²) in [7, 11) is 1.55. The van der Waals surface area contributed by atoms with Crippen LogP contribution in [0.3, 0.4) is 0 Å².